The third kappa shape index (κ3) is 4.97. The van der Waals surface area contributed by atoms with E-state index in [2.05, 4.69) is 10.3 Å². The number of carbonyl (C=O) groups excluding carboxylic acids is 2. The smallest absolute Gasteiger partial charge is 0.312 e. The molecule has 0 bridgehead atoms. The number of nitrogens with zero attached hydrogens (tertiary/aromatic N) is 2. The SMILES string of the molecule is O=C(COC(=O)Cc1cn2ccsc2n1)NCCc1ccc(Cl)cc1Cl. The van der Waals surface area contributed by atoms with E-state index in [9.17, 15) is 9.59 Å². The van der Waals surface area contributed by atoms with E-state index < -0.39 is 5.97 Å². The van der Waals surface area contributed by atoms with Crippen molar-refractivity contribution in [3.8, 4) is 0 Å². The number of benzene rings is 1. The summed E-state index contributed by atoms with van der Waals surface area (Å²) < 4.78 is 6.82. The zero-order chi connectivity index (χ0) is 18.5. The number of thiazole rings is 1. The van der Waals surface area contributed by atoms with E-state index in [1.807, 2.05) is 22.0 Å². The molecule has 1 amide bonds. The molecule has 6 nitrogen and oxygen atoms in total. The molecule has 0 atom stereocenters. The molecule has 0 aliphatic heterocycles. The molecule has 0 aliphatic rings. The minimum absolute atomic E-state index is 0.0298. The zero-order valence-electron chi connectivity index (χ0n) is 13.6. The average Bonchev–Trinajstić information content (AvgIpc) is 3.16. The van der Waals surface area contributed by atoms with Crippen LogP contribution < -0.4 is 5.32 Å². The van der Waals surface area contributed by atoms with Crippen LogP contribution in [-0.2, 0) is 27.2 Å². The summed E-state index contributed by atoms with van der Waals surface area (Å²) in [4.78, 5) is 28.7. The van der Waals surface area contributed by atoms with Gasteiger partial charge < -0.3 is 10.1 Å². The average molecular weight is 412 g/mol. The Kier molecular flexibility index (Phi) is 6.13. The maximum Gasteiger partial charge on any atom is 0.312 e. The maximum atomic E-state index is 11.8. The Morgan fingerprint density at radius 2 is 2.15 bits per heavy atom. The standard InChI is InChI=1S/C17H15Cl2N3O3S/c18-12-2-1-11(14(19)7-12)3-4-20-15(23)10-25-16(24)8-13-9-22-5-6-26-17(22)21-13/h1-2,5-7,9H,3-4,8,10H2,(H,20,23). The van der Waals surface area contributed by atoms with E-state index in [0.29, 0.717) is 28.7 Å². The molecule has 0 aliphatic carbocycles. The summed E-state index contributed by atoms with van der Waals surface area (Å²) in [5.41, 5.74) is 1.49. The fourth-order valence-electron chi connectivity index (χ4n) is 2.32. The second kappa shape index (κ2) is 8.53. The summed E-state index contributed by atoms with van der Waals surface area (Å²) in [6.07, 6.45) is 4.22. The zero-order valence-corrected chi connectivity index (χ0v) is 15.9. The summed E-state index contributed by atoms with van der Waals surface area (Å²) in [6, 6.07) is 5.21. The van der Waals surface area contributed by atoms with Gasteiger partial charge in [-0.25, -0.2) is 4.98 Å². The van der Waals surface area contributed by atoms with Crippen molar-refractivity contribution in [1.82, 2.24) is 14.7 Å². The Labute approximate surface area is 163 Å². The molecule has 2 aromatic heterocycles. The predicted molar refractivity (Wildman–Crippen MR) is 101 cm³/mol. The van der Waals surface area contributed by atoms with E-state index in [-0.39, 0.29) is 18.9 Å². The number of hydrogen-bond acceptors (Lipinski definition) is 5. The number of amides is 1. The second-order valence-electron chi connectivity index (χ2n) is 5.50. The molecule has 0 fully saturated rings. The predicted octanol–water partition coefficient (Wildman–Crippen LogP) is 3.15. The number of carbonyl (C=O) groups is 2. The number of fused-ring (bicyclic) bond motifs is 1. The molecule has 136 valence electrons. The Bertz CT molecular complexity index is 910. The Morgan fingerprint density at radius 3 is 2.92 bits per heavy atom. The lowest BCUT2D eigenvalue weighted by molar-refractivity contribution is -0.147. The topological polar surface area (TPSA) is 72.7 Å². The van der Waals surface area contributed by atoms with Gasteiger partial charge in [-0.2, -0.15) is 0 Å². The first kappa shape index (κ1) is 18.7. The maximum absolute atomic E-state index is 11.8. The molecular formula is C17H15Cl2N3O3S. The highest BCUT2D eigenvalue weighted by Crippen LogP contribution is 2.21. The van der Waals surface area contributed by atoms with Crippen LogP contribution in [0.15, 0.2) is 36.0 Å². The quantitative estimate of drug-likeness (QED) is 0.606. The van der Waals surface area contributed by atoms with Crippen molar-refractivity contribution in [1.29, 1.82) is 0 Å². The van der Waals surface area contributed by atoms with Crippen LogP contribution in [-0.4, -0.2) is 34.4 Å². The lowest BCUT2D eigenvalue weighted by Gasteiger charge is -2.07. The van der Waals surface area contributed by atoms with E-state index in [4.69, 9.17) is 27.9 Å². The molecule has 0 saturated heterocycles. The van der Waals surface area contributed by atoms with E-state index in [1.165, 1.54) is 11.3 Å². The Hall–Kier alpha value is -2.09. The molecule has 0 spiro atoms. The summed E-state index contributed by atoms with van der Waals surface area (Å²) in [7, 11) is 0. The number of aromatic nitrogens is 2. The van der Waals surface area contributed by atoms with Crippen molar-refractivity contribution in [2.75, 3.05) is 13.2 Å². The van der Waals surface area contributed by atoms with Crippen LogP contribution in [0.3, 0.4) is 0 Å². The molecule has 0 radical (unpaired) electrons. The number of imidazole rings is 1. The molecule has 3 aromatic rings. The first-order valence-corrected chi connectivity index (χ1v) is 9.42. The van der Waals surface area contributed by atoms with Crippen molar-refractivity contribution in [2.45, 2.75) is 12.8 Å². The molecule has 0 unspecified atom stereocenters. The highest BCUT2D eigenvalue weighted by atomic mass is 35.5. The minimum atomic E-state index is -0.494. The molecule has 0 saturated carbocycles. The first-order valence-electron chi connectivity index (χ1n) is 7.78. The molecular weight excluding hydrogens is 397 g/mol. The van der Waals surface area contributed by atoms with Crippen LogP contribution in [0.1, 0.15) is 11.3 Å². The number of halogens is 2. The van der Waals surface area contributed by atoms with Crippen LogP contribution in [0.5, 0.6) is 0 Å². The number of ether oxygens (including phenoxy) is 1. The van der Waals surface area contributed by atoms with Crippen LogP contribution in [0.25, 0.3) is 4.96 Å². The monoisotopic (exact) mass is 411 g/mol. The number of esters is 1. The molecule has 9 heteroatoms. The van der Waals surface area contributed by atoms with Crippen LogP contribution in [0, 0.1) is 0 Å². The van der Waals surface area contributed by atoms with Gasteiger partial charge in [0, 0.05) is 34.4 Å². The van der Waals surface area contributed by atoms with E-state index in [0.717, 1.165) is 10.5 Å². The van der Waals surface area contributed by atoms with Gasteiger partial charge in [0.25, 0.3) is 5.91 Å². The lowest BCUT2D eigenvalue weighted by atomic mass is 10.1. The largest absolute Gasteiger partial charge is 0.455 e. The Morgan fingerprint density at radius 1 is 1.31 bits per heavy atom. The van der Waals surface area contributed by atoms with Gasteiger partial charge in [0.15, 0.2) is 11.6 Å². The fourth-order valence-corrected chi connectivity index (χ4v) is 3.54. The first-order chi connectivity index (χ1) is 12.5. The number of rotatable bonds is 7. The third-order valence-corrected chi connectivity index (χ3v) is 4.92. The van der Waals surface area contributed by atoms with Crippen LogP contribution >= 0.6 is 34.5 Å². The Balaban J connectivity index is 1.38. The summed E-state index contributed by atoms with van der Waals surface area (Å²) in [6.45, 7) is 0.0600. The second-order valence-corrected chi connectivity index (χ2v) is 7.21. The van der Waals surface area contributed by atoms with Crippen molar-refractivity contribution in [3.05, 3.63) is 57.3 Å². The summed E-state index contributed by atoms with van der Waals surface area (Å²) in [5, 5.41) is 5.71. The molecule has 3 rings (SSSR count). The minimum Gasteiger partial charge on any atom is -0.455 e. The van der Waals surface area contributed by atoms with E-state index in [1.54, 1.807) is 18.3 Å². The van der Waals surface area contributed by atoms with Crippen molar-refractivity contribution >= 4 is 51.4 Å². The normalized spacial score (nSPS) is 10.8. The van der Waals surface area contributed by atoms with Crippen molar-refractivity contribution in [3.63, 3.8) is 0 Å². The highest BCUT2D eigenvalue weighted by molar-refractivity contribution is 7.15. The third-order valence-electron chi connectivity index (χ3n) is 3.56. The molecule has 26 heavy (non-hydrogen) atoms. The highest BCUT2D eigenvalue weighted by Gasteiger charge is 2.11. The fraction of sp³-hybridized carbons (Fsp3) is 0.235. The lowest BCUT2D eigenvalue weighted by Crippen LogP contribution is -2.30. The molecule has 1 N–H and O–H groups in total. The van der Waals surface area contributed by atoms with Gasteiger partial charge >= 0.3 is 5.97 Å². The van der Waals surface area contributed by atoms with Gasteiger partial charge in [-0.3, -0.25) is 14.0 Å². The summed E-state index contributed by atoms with van der Waals surface area (Å²) >= 11 is 13.4. The van der Waals surface area contributed by atoms with Crippen LogP contribution in [0.4, 0.5) is 0 Å². The number of hydrogen-bond donors (Lipinski definition) is 1. The van der Waals surface area contributed by atoms with Crippen molar-refractivity contribution in [2.24, 2.45) is 0 Å². The number of nitrogens with one attached hydrogen (secondary N) is 1. The van der Waals surface area contributed by atoms with Gasteiger partial charge in [0.2, 0.25) is 0 Å². The van der Waals surface area contributed by atoms with Gasteiger partial charge in [0.1, 0.15) is 0 Å². The van der Waals surface area contributed by atoms with Gasteiger partial charge in [-0.1, -0.05) is 29.3 Å². The van der Waals surface area contributed by atoms with Gasteiger partial charge in [-0.15, -0.1) is 11.3 Å². The molecule has 2 heterocycles. The van der Waals surface area contributed by atoms with E-state index >= 15 is 0 Å². The van der Waals surface area contributed by atoms with Gasteiger partial charge in [-0.05, 0) is 24.1 Å². The van der Waals surface area contributed by atoms with Crippen LogP contribution in [0.2, 0.25) is 10.0 Å². The van der Waals surface area contributed by atoms with Gasteiger partial charge in [0.05, 0.1) is 12.1 Å². The summed E-state index contributed by atoms with van der Waals surface area (Å²) in [5.74, 6) is -0.860. The molecule has 1 aromatic carbocycles. The van der Waals surface area contributed by atoms with Crippen molar-refractivity contribution < 1.29 is 14.3 Å².